The third-order valence-corrected chi connectivity index (χ3v) is 2.04. The number of anilines is 1. The number of benzene rings is 1. The molecule has 16 heavy (non-hydrogen) atoms. The van der Waals surface area contributed by atoms with Crippen LogP contribution in [0, 0.1) is 11.7 Å². The van der Waals surface area contributed by atoms with Crippen molar-refractivity contribution in [2.75, 3.05) is 5.32 Å². The van der Waals surface area contributed by atoms with Crippen LogP contribution in [0.15, 0.2) is 24.3 Å². The van der Waals surface area contributed by atoms with Crippen LogP contribution >= 0.6 is 0 Å². The van der Waals surface area contributed by atoms with Gasteiger partial charge >= 0.3 is 5.97 Å². The minimum absolute atomic E-state index is 0.229. The first-order chi connectivity index (χ1) is 7.49. The highest BCUT2D eigenvalue weighted by Gasteiger charge is 2.16. The molecule has 5 heteroatoms. The standard InChI is InChI=1S/C11H12FNO3/c1-7(6-10(14)15)11(16)13-9-4-2-8(12)3-5-9/h2-5,7H,6H2,1H3,(H,13,16)(H,14,15). The van der Waals surface area contributed by atoms with E-state index in [2.05, 4.69) is 5.32 Å². The lowest BCUT2D eigenvalue weighted by atomic mass is 10.1. The predicted molar refractivity (Wildman–Crippen MR) is 56.4 cm³/mol. The molecule has 0 saturated carbocycles. The molecule has 2 N–H and O–H groups in total. The molecule has 1 aromatic rings. The predicted octanol–water partition coefficient (Wildman–Crippen LogP) is 1.88. The summed E-state index contributed by atoms with van der Waals surface area (Å²) in [4.78, 5) is 21.8. The third kappa shape index (κ3) is 3.68. The Morgan fingerprint density at radius 1 is 1.38 bits per heavy atom. The highest BCUT2D eigenvalue weighted by molar-refractivity contribution is 5.94. The summed E-state index contributed by atoms with van der Waals surface area (Å²) < 4.78 is 12.6. The summed E-state index contributed by atoms with van der Waals surface area (Å²) in [5.41, 5.74) is 0.448. The first-order valence-electron chi connectivity index (χ1n) is 4.77. The van der Waals surface area contributed by atoms with E-state index in [0.717, 1.165) is 0 Å². The second-order valence-electron chi connectivity index (χ2n) is 3.50. The molecular weight excluding hydrogens is 213 g/mol. The fourth-order valence-electron chi connectivity index (χ4n) is 1.15. The molecule has 0 spiro atoms. The molecule has 1 unspecified atom stereocenters. The Balaban J connectivity index is 2.57. The topological polar surface area (TPSA) is 66.4 Å². The quantitative estimate of drug-likeness (QED) is 0.822. The summed E-state index contributed by atoms with van der Waals surface area (Å²) in [5, 5.41) is 11.0. The fourth-order valence-corrected chi connectivity index (χ4v) is 1.15. The van der Waals surface area contributed by atoms with Crippen LogP contribution in [0.1, 0.15) is 13.3 Å². The number of hydrogen-bond donors (Lipinski definition) is 2. The van der Waals surface area contributed by atoms with Crippen molar-refractivity contribution in [3.05, 3.63) is 30.1 Å². The molecule has 0 fully saturated rings. The zero-order valence-electron chi connectivity index (χ0n) is 8.74. The first kappa shape index (κ1) is 12.2. The van der Waals surface area contributed by atoms with Gasteiger partial charge < -0.3 is 10.4 Å². The highest BCUT2D eigenvalue weighted by Crippen LogP contribution is 2.11. The van der Waals surface area contributed by atoms with Crippen LogP contribution in [0.3, 0.4) is 0 Å². The van der Waals surface area contributed by atoms with Gasteiger partial charge in [0, 0.05) is 11.6 Å². The number of aliphatic carboxylic acids is 1. The minimum Gasteiger partial charge on any atom is -0.481 e. The van der Waals surface area contributed by atoms with Crippen molar-refractivity contribution in [1.82, 2.24) is 0 Å². The minimum atomic E-state index is -1.03. The Labute approximate surface area is 92.1 Å². The lowest BCUT2D eigenvalue weighted by Gasteiger charge is -2.09. The van der Waals surface area contributed by atoms with Gasteiger partial charge in [-0.25, -0.2) is 4.39 Å². The van der Waals surface area contributed by atoms with Crippen molar-refractivity contribution in [2.45, 2.75) is 13.3 Å². The number of nitrogens with one attached hydrogen (secondary N) is 1. The molecular formula is C11H12FNO3. The van der Waals surface area contributed by atoms with Gasteiger partial charge in [0.25, 0.3) is 0 Å². The Morgan fingerprint density at radius 3 is 2.44 bits per heavy atom. The van der Waals surface area contributed by atoms with E-state index in [1.807, 2.05) is 0 Å². The molecule has 0 aliphatic rings. The van der Waals surface area contributed by atoms with Crippen LogP contribution in [-0.2, 0) is 9.59 Å². The molecule has 0 radical (unpaired) electrons. The van der Waals surface area contributed by atoms with E-state index in [4.69, 9.17) is 5.11 Å². The zero-order chi connectivity index (χ0) is 12.1. The molecule has 0 saturated heterocycles. The van der Waals surface area contributed by atoms with E-state index >= 15 is 0 Å². The molecule has 1 amide bonds. The average molecular weight is 225 g/mol. The van der Waals surface area contributed by atoms with Crippen LogP contribution < -0.4 is 5.32 Å². The van der Waals surface area contributed by atoms with Gasteiger partial charge in [-0.05, 0) is 24.3 Å². The Kier molecular flexibility index (Phi) is 3.99. The van der Waals surface area contributed by atoms with Crippen LogP contribution in [0.4, 0.5) is 10.1 Å². The number of carbonyl (C=O) groups excluding carboxylic acids is 1. The van der Waals surface area contributed by atoms with Gasteiger partial charge in [0.2, 0.25) is 5.91 Å². The van der Waals surface area contributed by atoms with E-state index in [0.29, 0.717) is 5.69 Å². The molecule has 4 nitrogen and oxygen atoms in total. The number of rotatable bonds is 4. The summed E-state index contributed by atoms with van der Waals surface area (Å²) >= 11 is 0. The molecule has 1 aromatic carbocycles. The maximum absolute atomic E-state index is 12.6. The Morgan fingerprint density at radius 2 is 1.94 bits per heavy atom. The van der Waals surface area contributed by atoms with Crippen molar-refractivity contribution in [1.29, 1.82) is 0 Å². The number of carboxylic acid groups (broad SMARTS) is 1. The normalized spacial score (nSPS) is 11.9. The molecule has 86 valence electrons. The maximum Gasteiger partial charge on any atom is 0.304 e. The van der Waals surface area contributed by atoms with Crippen molar-refractivity contribution in [2.24, 2.45) is 5.92 Å². The smallest absolute Gasteiger partial charge is 0.304 e. The Bertz CT molecular complexity index is 389. The summed E-state index contributed by atoms with van der Waals surface area (Å²) in [6.07, 6.45) is -0.229. The summed E-state index contributed by atoms with van der Waals surface area (Å²) in [7, 11) is 0. The molecule has 0 aliphatic carbocycles. The van der Waals surface area contributed by atoms with Crippen LogP contribution in [-0.4, -0.2) is 17.0 Å². The van der Waals surface area contributed by atoms with Gasteiger partial charge in [-0.15, -0.1) is 0 Å². The second-order valence-corrected chi connectivity index (χ2v) is 3.50. The largest absolute Gasteiger partial charge is 0.481 e. The number of amides is 1. The van der Waals surface area contributed by atoms with Crippen LogP contribution in [0.2, 0.25) is 0 Å². The van der Waals surface area contributed by atoms with Crippen molar-refractivity contribution in [3.63, 3.8) is 0 Å². The van der Waals surface area contributed by atoms with Gasteiger partial charge in [0.05, 0.1) is 6.42 Å². The average Bonchev–Trinajstić information content (AvgIpc) is 2.20. The summed E-state index contributed by atoms with van der Waals surface area (Å²) in [6, 6.07) is 5.27. The van der Waals surface area contributed by atoms with E-state index in [9.17, 15) is 14.0 Å². The van der Waals surface area contributed by atoms with Crippen molar-refractivity contribution >= 4 is 17.6 Å². The van der Waals surface area contributed by atoms with E-state index in [1.165, 1.54) is 31.2 Å². The zero-order valence-corrected chi connectivity index (χ0v) is 8.74. The second kappa shape index (κ2) is 5.25. The number of carbonyl (C=O) groups is 2. The Hall–Kier alpha value is -1.91. The first-order valence-corrected chi connectivity index (χ1v) is 4.77. The molecule has 0 aliphatic heterocycles. The number of carboxylic acids is 1. The summed E-state index contributed by atoms with van der Waals surface area (Å²) in [5.74, 6) is -2.44. The molecule has 0 heterocycles. The molecule has 0 bridgehead atoms. The fraction of sp³-hybridized carbons (Fsp3) is 0.273. The lowest BCUT2D eigenvalue weighted by molar-refractivity contribution is -0.139. The monoisotopic (exact) mass is 225 g/mol. The highest BCUT2D eigenvalue weighted by atomic mass is 19.1. The lowest BCUT2D eigenvalue weighted by Crippen LogP contribution is -2.22. The SMILES string of the molecule is CC(CC(=O)O)C(=O)Nc1ccc(F)cc1. The number of halogens is 1. The molecule has 0 aromatic heterocycles. The van der Waals surface area contributed by atoms with E-state index in [-0.39, 0.29) is 6.42 Å². The van der Waals surface area contributed by atoms with Crippen LogP contribution in [0.5, 0.6) is 0 Å². The third-order valence-electron chi connectivity index (χ3n) is 2.04. The number of hydrogen-bond acceptors (Lipinski definition) is 2. The maximum atomic E-state index is 12.6. The van der Waals surface area contributed by atoms with Gasteiger partial charge in [0.1, 0.15) is 5.82 Å². The van der Waals surface area contributed by atoms with Gasteiger partial charge in [-0.3, -0.25) is 9.59 Å². The molecule has 1 atom stereocenters. The molecule has 1 rings (SSSR count). The van der Waals surface area contributed by atoms with Gasteiger partial charge in [-0.1, -0.05) is 6.92 Å². The van der Waals surface area contributed by atoms with Crippen molar-refractivity contribution in [3.8, 4) is 0 Å². The summed E-state index contributed by atoms with van der Waals surface area (Å²) in [6.45, 7) is 1.52. The van der Waals surface area contributed by atoms with Gasteiger partial charge in [0.15, 0.2) is 0 Å². The van der Waals surface area contributed by atoms with E-state index < -0.39 is 23.6 Å². The van der Waals surface area contributed by atoms with Crippen LogP contribution in [0.25, 0.3) is 0 Å². The van der Waals surface area contributed by atoms with Crippen molar-refractivity contribution < 1.29 is 19.1 Å². The van der Waals surface area contributed by atoms with Gasteiger partial charge in [-0.2, -0.15) is 0 Å². The van der Waals surface area contributed by atoms with E-state index in [1.54, 1.807) is 0 Å².